The predicted octanol–water partition coefficient (Wildman–Crippen LogP) is 1.52. The number of nitrogens with two attached hydrogens (primary N) is 1. The van der Waals surface area contributed by atoms with Crippen molar-refractivity contribution >= 4 is 56.6 Å². The number of rotatable bonds is 1. The molecule has 0 unspecified atom stereocenters. The van der Waals surface area contributed by atoms with Crippen molar-refractivity contribution in [3.63, 3.8) is 0 Å². The van der Waals surface area contributed by atoms with Crippen LogP contribution >= 0.6 is 0 Å². The van der Waals surface area contributed by atoms with E-state index in [1.54, 1.807) is 30.4 Å². The number of nitrogens with one attached hydrogen (secondary N) is 4. The van der Waals surface area contributed by atoms with E-state index in [9.17, 15) is 8.42 Å². The molecule has 2 aromatic rings. The molecule has 0 atom stereocenters. The Hall–Kier alpha value is -3.77. The molecule has 140 valence electrons. The second-order valence-electron chi connectivity index (χ2n) is 6.05. The van der Waals surface area contributed by atoms with Crippen LogP contribution in [0.4, 0.5) is 23.3 Å². The van der Waals surface area contributed by atoms with E-state index in [1.165, 1.54) is 6.07 Å². The Bertz CT molecular complexity index is 1290. The lowest BCUT2D eigenvalue weighted by molar-refractivity contribution is 0.598. The third-order valence-corrected chi connectivity index (χ3v) is 4.90. The summed E-state index contributed by atoms with van der Waals surface area (Å²) >= 11 is 0. The van der Waals surface area contributed by atoms with Crippen LogP contribution in [0.25, 0.3) is 0 Å². The number of H-pyrrole nitrogens is 2. The van der Waals surface area contributed by atoms with Gasteiger partial charge in [0, 0.05) is 6.07 Å². The van der Waals surface area contributed by atoms with E-state index in [2.05, 4.69) is 40.6 Å². The summed E-state index contributed by atoms with van der Waals surface area (Å²) in [6, 6.07) is 4.97. The van der Waals surface area contributed by atoms with Crippen molar-refractivity contribution in [2.45, 2.75) is 4.90 Å². The van der Waals surface area contributed by atoms with Crippen molar-refractivity contribution in [1.82, 2.24) is 9.97 Å². The molecule has 0 saturated heterocycles. The van der Waals surface area contributed by atoms with Gasteiger partial charge in [-0.3, -0.25) is 0 Å². The first-order chi connectivity index (χ1) is 13.4. The molecular formula is C16H13N9O2S. The molecule has 0 spiro atoms. The summed E-state index contributed by atoms with van der Waals surface area (Å²) in [6.07, 6.45) is 6.84. The fourth-order valence-electron chi connectivity index (χ4n) is 2.80. The van der Waals surface area contributed by atoms with Gasteiger partial charge in [-0.05, 0) is 36.4 Å². The van der Waals surface area contributed by atoms with Crippen LogP contribution in [-0.4, -0.2) is 41.7 Å². The van der Waals surface area contributed by atoms with Crippen molar-refractivity contribution in [1.29, 1.82) is 0 Å². The Morgan fingerprint density at radius 1 is 0.750 bits per heavy atom. The molecule has 8 bridgehead atoms. The number of hydrogen-bond acceptors (Lipinski definition) is 8. The fourth-order valence-corrected chi connectivity index (χ4v) is 3.44. The number of sulfonamides is 1. The normalized spacial score (nSPS) is 17.5. The highest BCUT2D eigenvalue weighted by atomic mass is 32.2. The highest BCUT2D eigenvalue weighted by molar-refractivity contribution is 7.89. The van der Waals surface area contributed by atoms with E-state index in [4.69, 9.17) is 5.14 Å². The van der Waals surface area contributed by atoms with E-state index in [0.29, 0.717) is 35.0 Å². The van der Waals surface area contributed by atoms with Gasteiger partial charge in [-0.15, -0.1) is 0 Å². The number of amidine groups is 4. The number of fused-ring (bicyclic) bond motifs is 6. The smallest absolute Gasteiger partial charge is 0.241 e. The molecule has 0 amide bonds. The Labute approximate surface area is 158 Å². The number of aromatic nitrogens is 2. The van der Waals surface area contributed by atoms with Crippen LogP contribution in [0.5, 0.6) is 0 Å². The summed E-state index contributed by atoms with van der Waals surface area (Å²) in [4.78, 5) is 23.1. The van der Waals surface area contributed by atoms with Crippen LogP contribution in [0.2, 0.25) is 0 Å². The predicted molar refractivity (Wildman–Crippen MR) is 108 cm³/mol. The maximum atomic E-state index is 11.9. The third kappa shape index (κ3) is 3.06. The molecular weight excluding hydrogens is 382 g/mol. The van der Waals surface area contributed by atoms with Crippen molar-refractivity contribution < 1.29 is 8.42 Å². The van der Waals surface area contributed by atoms with E-state index >= 15 is 0 Å². The second kappa shape index (κ2) is 5.87. The molecule has 0 fully saturated rings. The number of primary sulfonamides is 1. The number of aromatic amines is 2. The SMILES string of the molecule is NS(=O)(=O)c1cc2[nH]c1N=C1C=CC(=N1)N=C1C=CC(=N1)Nc1ccc([nH]1)N2. The monoisotopic (exact) mass is 395 g/mol. The van der Waals surface area contributed by atoms with E-state index in [1.807, 2.05) is 6.07 Å². The largest absolute Gasteiger partial charge is 0.328 e. The maximum absolute atomic E-state index is 11.9. The molecule has 0 aliphatic carbocycles. The molecule has 2 aromatic heterocycles. The van der Waals surface area contributed by atoms with E-state index < -0.39 is 10.0 Å². The first-order valence-electron chi connectivity index (χ1n) is 8.12. The van der Waals surface area contributed by atoms with Gasteiger partial charge in [0.15, 0.2) is 23.3 Å². The molecule has 28 heavy (non-hydrogen) atoms. The molecule has 5 heterocycles. The highest BCUT2D eigenvalue weighted by Gasteiger charge is 2.20. The zero-order valence-corrected chi connectivity index (χ0v) is 14.9. The summed E-state index contributed by atoms with van der Waals surface area (Å²) in [7, 11) is -4.00. The van der Waals surface area contributed by atoms with Gasteiger partial charge in [0.25, 0.3) is 0 Å². The molecule has 5 rings (SSSR count). The minimum atomic E-state index is -4.00. The summed E-state index contributed by atoms with van der Waals surface area (Å²) in [5.41, 5.74) is 0. The van der Waals surface area contributed by atoms with Crippen LogP contribution in [0.1, 0.15) is 0 Å². The second-order valence-corrected chi connectivity index (χ2v) is 7.58. The van der Waals surface area contributed by atoms with Crippen LogP contribution in [0, 0.1) is 0 Å². The molecule has 12 heteroatoms. The maximum Gasteiger partial charge on any atom is 0.241 e. The van der Waals surface area contributed by atoms with Crippen molar-refractivity contribution in [2.75, 3.05) is 10.6 Å². The van der Waals surface area contributed by atoms with Crippen molar-refractivity contribution in [3.05, 3.63) is 42.5 Å². The standard InChI is InChI=1S/C16H13N9O2S/c17-28(26,27)8-7-15-23-13-4-3-11(21-13)19-9-1-2-10(18-9)20-12-5-6-14(22-12)24-16(8)25-15/h1-7,21,23,25H,(H2,17,26,27)(H,18,19,20,22,24). The molecule has 0 saturated carbocycles. The van der Waals surface area contributed by atoms with Crippen molar-refractivity contribution in [2.24, 2.45) is 25.1 Å². The molecule has 0 aromatic carbocycles. The first kappa shape index (κ1) is 16.4. The van der Waals surface area contributed by atoms with Gasteiger partial charge in [0.2, 0.25) is 10.0 Å². The van der Waals surface area contributed by atoms with Gasteiger partial charge in [-0.2, -0.15) is 0 Å². The Balaban J connectivity index is 1.66. The van der Waals surface area contributed by atoms with Gasteiger partial charge < -0.3 is 20.6 Å². The topological polar surface area (TPSA) is 165 Å². The van der Waals surface area contributed by atoms with E-state index in [-0.39, 0.29) is 16.5 Å². The minimum absolute atomic E-state index is 0.0698. The molecule has 3 aliphatic heterocycles. The number of aliphatic imine (C=N–C) groups is 4. The van der Waals surface area contributed by atoms with Crippen LogP contribution in [0.15, 0.2) is 67.4 Å². The molecule has 6 N–H and O–H groups in total. The quantitative estimate of drug-likeness (QED) is 0.494. The highest BCUT2D eigenvalue weighted by Crippen LogP contribution is 2.29. The fraction of sp³-hybridized carbons (Fsp3) is 0. The molecule has 0 radical (unpaired) electrons. The lowest BCUT2D eigenvalue weighted by atomic mass is 10.4. The van der Waals surface area contributed by atoms with Crippen molar-refractivity contribution in [3.8, 4) is 0 Å². The molecule has 3 aliphatic rings. The van der Waals surface area contributed by atoms with Gasteiger partial charge in [-0.25, -0.2) is 33.5 Å². The average molecular weight is 395 g/mol. The van der Waals surface area contributed by atoms with Crippen LogP contribution in [0.3, 0.4) is 0 Å². The Morgan fingerprint density at radius 2 is 1.39 bits per heavy atom. The lowest BCUT2D eigenvalue weighted by Gasteiger charge is -2.02. The lowest BCUT2D eigenvalue weighted by Crippen LogP contribution is -2.11. The Morgan fingerprint density at radius 3 is 2.14 bits per heavy atom. The summed E-state index contributed by atoms with van der Waals surface area (Å²) in [6.45, 7) is 0. The minimum Gasteiger partial charge on any atom is -0.328 e. The van der Waals surface area contributed by atoms with E-state index in [0.717, 1.165) is 0 Å². The number of hydrogen-bond donors (Lipinski definition) is 5. The Kier molecular flexibility index (Phi) is 3.44. The van der Waals surface area contributed by atoms with Gasteiger partial charge in [0.05, 0.1) is 0 Å². The molecule has 11 nitrogen and oxygen atoms in total. The number of nitrogens with zero attached hydrogens (tertiary/aromatic N) is 4. The first-order valence-corrected chi connectivity index (χ1v) is 9.67. The zero-order valence-electron chi connectivity index (χ0n) is 14.1. The van der Waals surface area contributed by atoms with Crippen LogP contribution in [-0.2, 0) is 10.0 Å². The van der Waals surface area contributed by atoms with Crippen LogP contribution < -0.4 is 15.8 Å². The summed E-state index contributed by atoms with van der Waals surface area (Å²) in [5.74, 6) is 3.57. The number of anilines is 3. The van der Waals surface area contributed by atoms with Gasteiger partial charge in [0.1, 0.15) is 28.2 Å². The third-order valence-electron chi connectivity index (χ3n) is 3.98. The zero-order chi connectivity index (χ0) is 19.3. The van der Waals surface area contributed by atoms with Gasteiger partial charge >= 0.3 is 0 Å². The summed E-state index contributed by atoms with van der Waals surface area (Å²) < 4.78 is 23.9. The summed E-state index contributed by atoms with van der Waals surface area (Å²) in [5, 5.41) is 11.5. The average Bonchev–Trinajstić information content (AvgIpc) is 3.38. The van der Waals surface area contributed by atoms with Gasteiger partial charge in [-0.1, -0.05) is 0 Å².